The number of phenolic OH excluding ortho intramolecular Hbond substituents is 1. The summed E-state index contributed by atoms with van der Waals surface area (Å²) in [6.07, 6.45) is -0.625. The van der Waals surface area contributed by atoms with Crippen LogP contribution in [-0.4, -0.2) is 16.7 Å². The van der Waals surface area contributed by atoms with Crippen LogP contribution in [0.1, 0.15) is 26.3 Å². The zero-order chi connectivity index (χ0) is 13.1. The molecule has 0 fully saturated rings. The number of nitrogens with one attached hydrogen (secondary N) is 1. The highest BCUT2D eigenvalue weighted by molar-refractivity contribution is 5.68. The summed E-state index contributed by atoms with van der Waals surface area (Å²) in [6, 6.07) is 4.16. The van der Waals surface area contributed by atoms with Gasteiger partial charge in [-0.25, -0.2) is 9.18 Å². The molecule has 0 aromatic heterocycles. The summed E-state index contributed by atoms with van der Waals surface area (Å²) in [5.74, 6) is -1.22. The third kappa shape index (κ3) is 4.30. The van der Waals surface area contributed by atoms with Gasteiger partial charge in [0.2, 0.25) is 0 Å². The molecule has 0 atom stereocenters. The lowest BCUT2D eigenvalue weighted by atomic mass is 10.1. The van der Waals surface area contributed by atoms with Crippen molar-refractivity contribution in [3.8, 4) is 5.75 Å². The van der Waals surface area contributed by atoms with Gasteiger partial charge in [-0.1, -0.05) is 12.1 Å². The topological polar surface area (TPSA) is 58.6 Å². The van der Waals surface area contributed by atoms with Crippen molar-refractivity contribution in [2.75, 3.05) is 0 Å². The van der Waals surface area contributed by atoms with E-state index in [1.807, 2.05) is 20.8 Å². The number of carbonyl (C=O) groups is 1. The van der Waals surface area contributed by atoms with Gasteiger partial charge in [0.15, 0.2) is 11.6 Å². The van der Waals surface area contributed by atoms with Crippen LogP contribution in [0.4, 0.5) is 9.18 Å². The zero-order valence-electron chi connectivity index (χ0n) is 10.1. The third-order valence-corrected chi connectivity index (χ3v) is 1.89. The molecule has 0 aliphatic rings. The quantitative estimate of drug-likeness (QED) is 0.836. The van der Waals surface area contributed by atoms with Crippen molar-refractivity contribution in [3.05, 3.63) is 29.6 Å². The highest BCUT2D eigenvalue weighted by Crippen LogP contribution is 2.19. The standard InChI is InChI=1S/C12H16FNO3/c1-12(2,3)14-11(16)17-7-8-5-4-6-9(15)10(8)13/h4-6,15H,7H2,1-3H3,(H,14,16). The Hall–Kier alpha value is -1.78. The second-order valence-electron chi connectivity index (χ2n) is 4.70. The first kappa shape index (κ1) is 13.3. The van der Waals surface area contributed by atoms with Gasteiger partial charge in [-0.2, -0.15) is 0 Å². The van der Waals surface area contributed by atoms with Crippen LogP contribution in [0.15, 0.2) is 18.2 Å². The van der Waals surface area contributed by atoms with Crippen molar-refractivity contribution in [1.82, 2.24) is 5.32 Å². The maximum absolute atomic E-state index is 13.3. The van der Waals surface area contributed by atoms with Gasteiger partial charge in [0.25, 0.3) is 0 Å². The summed E-state index contributed by atoms with van der Waals surface area (Å²) < 4.78 is 18.2. The molecule has 1 amide bonds. The first-order valence-electron chi connectivity index (χ1n) is 5.21. The van der Waals surface area contributed by atoms with Crippen LogP contribution in [0.3, 0.4) is 0 Å². The minimum atomic E-state index is -0.768. The van der Waals surface area contributed by atoms with Crippen LogP contribution >= 0.6 is 0 Å². The van der Waals surface area contributed by atoms with Crippen molar-refractivity contribution in [3.63, 3.8) is 0 Å². The molecule has 0 saturated heterocycles. The second-order valence-corrected chi connectivity index (χ2v) is 4.70. The van der Waals surface area contributed by atoms with Crippen LogP contribution in [0, 0.1) is 5.82 Å². The number of amides is 1. The fourth-order valence-corrected chi connectivity index (χ4v) is 1.16. The molecule has 1 aromatic carbocycles. The Kier molecular flexibility index (Phi) is 3.93. The molecule has 0 heterocycles. The number of aromatic hydroxyl groups is 1. The van der Waals surface area contributed by atoms with E-state index in [0.717, 1.165) is 0 Å². The van der Waals surface area contributed by atoms with Gasteiger partial charge < -0.3 is 15.2 Å². The number of hydrogen-bond acceptors (Lipinski definition) is 3. The molecule has 0 radical (unpaired) electrons. The monoisotopic (exact) mass is 241 g/mol. The fourth-order valence-electron chi connectivity index (χ4n) is 1.16. The van der Waals surface area contributed by atoms with E-state index < -0.39 is 23.2 Å². The van der Waals surface area contributed by atoms with Gasteiger partial charge >= 0.3 is 6.09 Å². The molecule has 0 aliphatic carbocycles. The van der Waals surface area contributed by atoms with Crippen molar-refractivity contribution in [2.45, 2.75) is 32.9 Å². The van der Waals surface area contributed by atoms with E-state index in [-0.39, 0.29) is 12.2 Å². The summed E-state index contributed by atoms with van der Waals surface area (Å²) in [4.78, 5) is 11.3. The SMILES string of the molecule is CC(C)(C)NC(=O)OCc1cccc(O)c1F. The lowest BCUT2D eigenvalue weighted by Crippen LogP contribution is -2.40. The summed E-state index contributed by atoms with van der Waals surface area (Å²) in [5.41, 5.74) is -0.275. The number of halogens is 1. The molecule has 0 aliphatic heterocycles. The first-order valence-corrected chi connectivity index (χ1v) is 5.21. The smallest absolute Gasteiger partial charge is 0.407 e. The number of ether oxygens (including phenoxy) is 1. The Labute approximate surface area is 99.4 Å². The summed E-state index contributed by atoms with van der Waals surface area (Å²) in [7, 11) is 0. The van der Waals surface area contributed by atoms with Crippen molar-refractivity contribution in [1.29, 1.82) is 0 Å². The van der Waals surface area contributed by atoms with Crippen molar-refractivity contribution >= 4 is 6.09 Å². The van der Waals surface area contributed by atoms with Gasteiger partial charge in [-0.3, -0.25) is 0 Å². The average molecular weight is 241 g/mol. The van der Waals surface area contributed by atoms with Crippen LogP contribution in [-0.2, 0) is 11.3 Å². The molecule has 0 saturated carbocycles. The normalized spacial score (nSPS) is 11.1. The maximum atomic E-state index is 13.3. The number of alkyl carbamates (subject to hydrolysis) is 1. The summed E-state index contributed by atoms with van der Waals surface area (Å²) in [6.45, 7) is 5.21. The molecular weight excluding hydrogens is 225 g/mol. The largest absolute Gasteiger partial charge is 0.505 e. The van der Waals surface area contributed by atoms with E-state index in [1.165, 1.54) is 18.2 Å². The van der Waals surface area contributed by atoms with Gasteiger partial charge in [0, 0.05) is 11.1 Å². The Bertz CT molecular complexity index is 413. The number of phenols is 1. The molecule has 1 aromatic rings. The lowest BCUT2D eigenvalue weighted by Gasteiger charge is -2.20. The first-order chi connectivity index (χ1) is 7.79. The van der Waals surface area contributed by atoms with Crippen molar-refractivity contribution in [2.24, 2.45) is 0 Å². The molecule has 0 unspecified atom stereocenters. The van der Waals surface area contributed by atoms with Crippen LogP contribution in [0.25, 0.3) is 0 Å². The predicted octanol–water partition coefficient (Wildman–Crippen LogP) is 2.56. The van der Waals surface area contributed by atoms with Crippen molar-refractivity contribution < 1.29 is 19.0 Å². The molecule has 94 valence electrons. The van der Waals surface area contributed by atoms with E-state index in [0.29, 0.717) is 0 Å². The molecule has 4 nitrogen and oxygen atoms in total. The predicted molar refractivity (Wildman–Crippen MR) is 61.1 cm³/mol. The van der Waals surface area contributed by atoms with Gasteiger partial charge in [0.05, 0.1) is 0 Å². The number of benzene rings is 1. The third-order valence-electron chi connectivity index (χ3n) is 1.89. The molecule has 2 N–H and O–H groups in total. The number of carbonyl (C=O) groups excluding carboxylic acids is 1. The lowest BCUT2D eigenvalue weighted by molar-refractivity contribution is 0.130. The molecule has 17 heavy (non-hydrogen) atoms. The van der Waals surface area contributed by atoms with Gasteiger partial charge in [-0.05, 0) is 26.8 Å². The number of hydrogen-bond donors (Lipinski definition) is 2. The highest BCUT2D eigenvalue weighted by atomic mass is 19.1. The molecular formula is C12H16FNO3. The molecule has 5 heteroatoms. The fraction of sp³-hybridized carbons (Fsp3) is 0.417. The van der Waals surface area contributed by atoms with E-state index >= 15 is 0 Å². The average Bonchev–Trinajstić information content (AvgIpc) is 2.18. The van der Waals surface area contributed by atoms with Gasteiger partial charge in [0.1, 0.15) is 6.61 Å². The Morgan fingerprint density at radius 1 is 1.47 bits per heavy atom. The zero-order valence-corrected chi connectivity index (χ0v) is 10.1. The van der Waals surface area contributed by atoms with E-state index in [4.69, 9.17) is 9.84 Å². The van der Waals surface area contributed by atoms with E-state index in [9.17, 15) is 9.18 Å². The summed E-state index contributed by atoms with van der Waals surface area (Å²) in [5, 5.41) is 11.7. The Morgan fingerprint density at radius 3 is 2.71 bits per heavy atom. The van der Waals surface area contributed by atoms with Crippen LogP contribution in [0.2, 0.25) is 0 Å². The Morgan fingerprint density at radius 2 is 2.12 bits per heavy atom. The van der Waals surface area contributed by atoms with Crippen LogP contribution < -0.4 is 5.32 Å². The van der Waals surface area contributed by atoms with E-state index in [2.05, 4.69) is 5.32 Å². The Balaban J connectivity index is 2.56. The molecule has 0 bridgehead atoms. The number of rotatable bonds is 2. The molecule has 0 spiro atoms. The van der Waals surface area contributed by atoms with E-state index in [1.54, 1.807) is 0 Å². The minimum Gasteiger partial charge on any atom is -0.505 e. The molecule has 1 rings (SSSR count). The van der Waals surface area contributed by atoms with Gasteiger partial charge in [-0.15, -0.1) is 0 Å². The minimum absolute atomic E-state index is 0.133. The highest BCUT2D eigenvalue weighted by Gasteiger charge is 2.15. The summed E-state index contributed by atoms with van der Waals surface area (Å²) >= 11 is 0. The second kappa shape index (κ2) is 5.03. The van der Waals surface area contributed by atoms with Crippen LogP contribution in [0.5, 0.6) is 5.75 Å². The maximum Gasteiger partial charge on any atom is 0.407 e.